The molecule has 0 unspecified atom stereocenters. The third kappa shape index (κ3) is 1.20. The monoisotopic (exact) mass is 219 g/mol. The molecule has 3 heterocycles. The average Bonchev–Trinajstić information content (AvgIpc) is 2.56. The van der Waals surface area contributed by atoms with E-state index < -0.39 is 0 Å². The van der Waals surface area contributed by atoms with Gasteiger partial charge in [0, 0.05) is 6.20 Å². The summed E-state index contributed by atoms with van der Waals surface area (Å²) in [5.74, 6) is 0. The first-order valence-electron chi connectivity index (χ1n) is 4.95. The maximum Gasteiger partial charge on any atom is 0.296 e. The molecule has 6 heteroatoms. The van der Waals surface area contributed by atoms with E-state index in [4.69, 9.17) is 4.74 Å². The minimum absolute atomic E-state index is 0.106. The van der Waals surface area contributed by atoms with Crippen LogP contribution in [-0.2, 0) is 4.74 Å². The smallest absolute Gasteiger partial charge is 0.296 e. The number of hydrogen-bond acceptors (Lipinski definition) is 4. The molecule has 0 aromatic carbocycles. The van der Waals surface area contributed by atoms with Gasteiger partial charge in [-0.1, -0.05) is 0 Å². The Hall–Kier alpha value is -1.95. The zero-order valence-electron chi connectivity index (χ0n) is 8.37. The Bertz CT molecular complexity index is 559. The van der Waals surface area contributed by atoms with Crippen molar-refractivity contribution in [2.75, 3.05) is 13.2 Å². The van der Waals surface area contributed by atoms with Crippen molar-refractivity contribution in [2.45, 2.75) is 6.04 Å². The summed E-state index contributed by atoms with van der Waals surface area (Å²) < 4.78 is 6.92. The summed E-state index contributed by atoms with van der Waals surface area (Å²) in [6.07, 6.45) is 3.19. The quantitative estimate of drug-likeness (QED) is 0.567. The SMILES string of the molecule is O=[N+]([O-])c1cn(C2COC2)c2ncccc12. The zero-order chi connectivity index (χ0) is 11.1. The van der Waals surface area contributed by atoms with Crippen molar-refractivity contribution in [3.63, 3.8) is 0 Å². The molecular weight excluding hydrogens is 210 g/mol. The van der Waals surface area contributed by atoms with Gasteiger partial charge in [-0.3, -0.25) is 10.1 Å². The largest absolute Gasteiger partial charge is 0.377 e. The van der Waals surface area contributed by atoms with Crippen molar-refractivity contribution < 1.29 is 9.66 Å². The molecule has 0 bridgehead atoms. The van der Waals surface area contributed by atoms with Crippen LogP contribution in [0.25, 0.3) is 11.0 Å². The number of nitro groups is 1. The van der Waals surface area contributed by atoms with Crippen molar-refractivity contribution in [1.29, 1.82) is 0 Å². The highest BCUT2D eigenvalue weighted by molar-refractivity contribution is 5.86. The lowest BCUT2D eigenvalue weighted by molar-refractivity contribution is -0.383. The number of nitrogens with zero attached hydrogens (tertiary/aromatic N) is 3. The highest BCUT2D eigenvalue weighted by Gasteiger charge is 2.26. The molecule has 0 spiro atoms. The van der Waals surface area contributed by atoms with Crippen LogP contribution in [0, 0.1) is 10.1 Å². The van der Waals surface area contributed by atoms with Crippen molar-refractivity contribution in [3.05, 3.63) is 34.6 Å². The Morgan fingerprint density at radius 3 is 3.00 bits per heavy atom. The second-order valence-corrected chi connectivity index (χ2v) is 3.74. The lowest BCUT2D eigenvalue weighted by Crippen LogP contribution is -2.30. The highest BCUT2D eigenvalue weighted by Crippen LogP contribution is 2.30. The summed E-state index contributed by atoms with van der Waals surface area (Å²) in [7, 11) is 0. The van der Waals surface area contributed by atoms with E-state index in [1.165, 1.54) is 0 Å². The maximum atomic E-state index is 10.9. The molecule has 1 saturated heterocycles. The number of aromatic nitrogens is 2. The standard InChI is InChI=1S/C10H9N3O3/c14-13(15)9-4-12(7-5-16-6-7)10-8(9)2-1-3-11-10/h1-4,7H,5-6H2. The second kappa shape index (κ2) is 3.28. The van der Waals surface area contributed by atoms with Crippen molar-refractivity contribution in [3.8, 4) is 0 Å². The molecule has 16 heavy (non-hydrogen) atoms. The molecule has 0 N–H and O–H groups in total. The summed E-state index contributed by atoms with van der Waals surface area (Å²) in [6, 6.07) is 3.60. The van der Waals surface area contributed by atoms with Gasteiger partial charge in [-0.25, -0.2) is 4.98 Å². The molecule has 0 atom stereocenters. The van der Waals surface area contributed by atoms with Crippen LogP contribution in [0.5, 0.6) is 0 Å². The Morgan fingerprint density at radius 1 is 1.56 bits per heavy atom. The van der Waals surface area contributed by atoms with Gasteiger partial charge in [-0.15, -0.1) is 0 Å². The van der Waals surface area contributed by atoms with E-state index >= 15 is 0 Å². The third-order valence-electron chi connectivity index (χ3n) is 2.78. The lowest BCUT2D eigenvalue weighted by Gasteiger charge is -2.27. The molecule has 6 nitrogen and oxygen atoms in total. The second-order valence-electron chi connectivity index (χ2n) is 3.74. The number of hydrogen-bond donors (Lipinski definition) is 0. The van der Waals surface area contributed by atoms with E-state index in [0.717, 1.165) is 0 Å². The van der Waals surface area contributed by atoms with Gasteiger partial charge in [-0.2, -0.15) is 0 Å². The van der Waals surface area contributed by atoms with Crippen LogP contribution in [0.1, 0.15) is 6.04 Å². The summed E-state index contributed by atoms with van der Waals surface area (Å²) in [5, 5.41) is 11.5. The van der Waals surface area contributed by atoms with Gasteiger partial charge in [0.2, 0.25) is 0 Å². The topological polar surface area (TPSA) is 70.2 Å². The van der Waals surface area contributed by atoms with Crippen LogP contribution >= 0.6 is 0 Å². The van der Waals surface area contributed by atoms with Crippen LogP contribution in [0.4, 0.5) is 5.69 Å². The van der Waals surface area contributed by atoms with Gasteiger partial charge in [0.15, 0.2) is 0 Å². The van der Waals surface area contributed by atoms with Gasteiger partial charge in [0.05, 0.1) is 35.8 Å². The van der Waals surface area contributed by atoms with Crippen molar-refractivity contribution >= 4 is 16.7 Å². The van der Waals surface area contributed by atoms with E-state index in [-0.39, 0.29) is 16.7 Å². The first kappa shape index (κ1) is 9.29. The number of rotatable bonds is 2. The maximum absolute atomic E-state index is 10.9. The van der Waals surface area contributed by atoms with E-state index in [1.54, 1.807) is 24.5 Å². The van der Waals surface area contributed by atoms with E-state index in [1.807, 2.05) is 4.57 Å². The first-order valence-corrected chi connectivity index (χ1v) is 4.95. The van der Waals surface area contributed by atoms with Crippen LogP contribution in [-0.4, -0.2) is 27.7 Å². The zero-order valence-corrected chi connectivity index (χ0v) is 8.37. The van der Waals surface area contributed by atoms with Crippen LogP contribution in [0.3, 0.4) is 0 Å². The minimum atomic E-state index is -0.375. The van der Waals surface area contributed by atoms with E-state index in [9.17, 15) is 10.1 Å². The Morgan fingerprint density at radius 2 is 2.38 bits per heavy atom. The van der Waals surface area contributed by atoms with E-state index in [0.29, 0.717) is 24.2 Å². The summed E-state index contributed by atoms with van der Waals surface area (Å²) in [4.78, 5) is 14.7. The van der Waals surface area contributed by atoms with Gasteiger partial charge in [0.25, 0.3) is 5.69 Å². The predicted molar refractivity (Wildman–Crippen MR) is 56.2 cm³/mol. The molecule has 82 valence electrons. The van der Waals surface area contributed by atoms with Crippen LogP contribution in [0.15, 0.2) is 24.5 Å². The molecule has 1 aliphatic rings. The molecule has 2 aromatic rings. The molecule has 0 aliphatic carbocycles. The predicted octanol–water partition coefficient (Wildman–Crippen LogP) is 1.52. The minimum Gasteiger partial charge on any atom is -0.377 e. The van der Waals surface area contributed by atoms with Gasteiger partial charge < -0.3 is 9.30 Å². The van der Waals surface area contributed by atoms with Crippen LogP contribution < -0.4 is 0 Å². The number of ether oxygens (including phenoxy) is 1. The molecule has 0 amide bonds. The third-order valence-corrected chi connectivity index (χ3v) is 2.78. The Kier molecular flexibility index (Phi) is 1.90. The Labute approximate surface area is 90.6 Å². The molecular formula is C10H9N3O3. The fourth-order valence-corrected chi connectivity index (χ4v) is 1.87. The Balaban J connectivity index is 2.24. The normalized spacial score (nSPS) is 16.2. The van der Waals surface area contributed by atoms with Gasteiger partial charge in [-0.05, 0) is 12.1 Å². The van der Waals surface area contributed by atoms with Crippen LogP contribution in [0.2, 0.25) is 0 Å². The van der Waals surface area contributed by atoms with Gasteiger partial charge >= 0.3 is 0 Å². The molecule has 1 aliphatic heterocycles. The lowest BCUT2D eigenvalue weighted by atomic mass is 10.2. The van der Waals surface area contributed by atoms with E-state index in [2.05, 4.69) is 4.98 Å². The highest BCUT2D eigenvalue weighted by atomic mass is 16.6. The fraction of sp³-hybridized carbons (Fsp3) is 0.300. The molecule has 1 fully saturated rings. The average molecular weight is 219 g/mol. The number of pyridine rings is 1. The molecule has 3 rings (SSSR count). The van der Waals surface area contributed by atoms with Gasteiger partial charge in [0.1, 0.15) is 5.65 Å². The molecule has 0 radical (unpaired) electrons. The number of fused-ring (bicyclic) bond motifs is 1. The van der Waals surface area contributed by atoms with Crippen molar-refractivity contribution in [1.82, 2.24) is 9.55 Å². The summed E-state index contributed by atoms with van der Waals surface area (Å²) in [6.45, 7) is 1.19. The molecule has 0 saturated carbocycles. The summed E-state index contributed by atoms with van der Waals surface area (Å²) in [5.41, 5.74) is 0.762. The summed E-state index contributed by atoms with van der Waals surface area (Å²) >= 11 is 0. The fourth-order valence-electron chi connectivity index (χ4n) is 1.87. The van der Waals surface area contributed by atoms with Crippen molar-refractivity contribution in [2.24, 2.45) is 0 Å². The first-order chi connectivity index (χ1) is 7.77. The molecule has 2 aromatic heterocycles.